The van der Waals surface area contributed by atoms with E-state index in [-0.39, 0.29) is 40.4 Å². The van der Waals surface area contributed by atoms with Gasteiger partial charge in [-0.1, -0.05) is 12.1 Å². The predicted molar refractivity (Wildman–Crippen MR) is 247 cm³/mol. The van der Waals surface area contributed by atoms with E-state index in [0.717, 1.165) is 52.8 Å². The van der Waals surface area contributed by atoms with Crippen LogP contribution in [0.4, 0.5) is 11.8 Å². The average molecular weight is 953 g/mol. The summed E-state index contributed by atoms with van der Waals surface area (Å²) in [5.74, 6) is -1.66. The third-order valence-electron chi connectivity index (χ3n) is 13.2. The van der Waals surface area contributed by atoms with E-state index in [1.807, 2.05) is 25.1 Å². The molecule has 5 aromatic rings. The Labute approximate surface area is 396 Å². The van der Waals surface area contributed by atoms with Gasteiger partial charge in [0.15, 0.2) is 29.8 Å². The number of ether oxygens (including phenoxy) is 7. The Morgan fingerprint density at radius 1 is 0.913 bits per heavy atom. The molecule has 0 spiro atoms. The van der Waals surface area contributed by atoms with E-state index in [1.54, 1.807) is 27.3 Å². The summed E-state index contributed by atoms with van der Waals surface area (Å²) in [6.45, 7) is 3.32. The van der Waals surface area contributed by atoms with Crippen LogP contribution in [0.5, 0.6) is 28.7 Å². The molecule has 0 amide bonds. The fraction of sp³-hybridized carbons (Fsp3) is 0.429. The monoisotopic (exact) mass is 952 g/mol. The molecule has 20 nitrogen and oxygen atoms in total. The van der Waals surface area contributed by atoms with Crippen molar-refractivity contribution in [2.45, 2.75) is 101 Å². The lowest BCUT2D eigenvalue weighted by Gasteiger charge is -2.43. The molecule has 10 N–H and O–H groups in total. The number of ketones is 3. The van der Waals surface area contributed by atoms with E-state index < -0.39 is 102 Å². The summed E-state index contributed by atoms with van der Waals surface area (Å²) >= 11 is 0. The van der Waals surface area contributed by atoms with Gasteiger partial charge in [-0.15, -0.1) is 0 Å². The van der Waals surface area contributed by atoms with Crippen molar-refractivity contribution in [3.8, 4) is 28.7 Å². The zero-order chi connectivity index (χ0) is 49.5. The first kappa shape index (κ1) is 48.9. The Kier molecular flexibility index (Phi) is 14.1. The van der Waals surface area contributed by atoms with Crippen molar-refractivity contribution in [3.05, 3.63) is 92.7 Å². The SMILES string of the molecule is COc1ccc(OC)c(Cc2cnc3nc(N)nc(N)c3c2C)c1.COc1cccc2c1C(=O)c1c(O)c3c(c(O)c1C2=O)C[C@@](O)(C(=O)CO)C[C@@H]3O[C@H]1C[C@H](N)[C@H](O[C@@H]2CCCCO2)[C@H](C)O1. The van der Waals surface area contributed by atoms with Crippen LogP contribution in [0.25, 0.3) is 11.0 Å². The minimum absolute atomic E-state index is 0.0409. The quantitative estimate of drug-likeness (QED) is 0.0911. The molecule has 69 heavy (non-hydrogen) atoms. The topological polar surface area (TPSA) is 313 Å². The van der Waals surface area contributed by atoms with Gasteiger partial charge < -0.3 is 70.8 Å². The molecule has 2 fully saturated rings. The summed E-state index contributed by atoms with van der Waals surface area (Å²) in [4.78, 5) is 52.8. The van der Waals surface area contributed by atoms with Crippen molar-refractivity contribution < 1.29 is 68.0 Å². The number of aromatic hydroxyl groups is 2. The molecule has 9 rings (SSSR count). The molecule has 4 heterocycles. The highest BCUT2D eigenvalue weighted by Crippen LogP contribution is 2.52. The lowest BCUT2D eigenvalue weighted by atomic mass is 9.72. The normalized spacial score (nSPS) is 24.1. The molecular weight excluding hydrogens is 897 g/mol. The Morgan fingerprint density at radius 2 is 1.67 bits per heavy atom. The number of Topliss-reactive ketones (excluding diaryl/α,β-unsaturated/α-hetero) is 1. The van der Waals surface area contributed by atoms with E-state index in [0.29, 0.717) is 24.5 Å². The number of anilines is 2. The van der Waals surface area contributed by atoms with Gasteiger partial charge in [0.25, 0.3) is 0 Å². The third-order valence-corrected chi connectivity index (χ3v) is 13.2. The summed E-state index contributed by atoms with van der Waals surface area (Å²) in [7, 11) is 4.62. The number of nitrogens with two attached hydrogens (primary N) is 3. The summed E-state index contributed by atoms with van der Waals surface area (Å²) in [6.07, 6.45) is 0.372. The highest BCUT2D eigenvalue weighted by molar-refractivity contribution is 6.31. The number of benzene rings is 3. The van der Waals surface area contributed by atoms with Crippen LogP contribution in [0.1, 0.15) is 105 Å². The first-order chi connectivity index (χ1) is 33.0. The van der Waals surface area contributed by atoms with Gasteiger partial charge >= 0.3 is 0 Å². The van der Waals surface area contributed by atoms with Crippen molar-refractivity contribution in [2.75, 3.05) is 46.0 Å². The second-order valence-corrected chi connectivity index (χ2v) is 17.5. The molecule has 2 aliphatic heterocycles. The molecule has 0 bridgehead atoms. The van der Waals surface area contributed by atoms with Crippen LogP contribution in [0.2, 0.25) is 0 Å². The number of carbonyl (C=O) groups is 3. The van der Waals surface area contributed by atoms with E-state index in [1.165, 1.54) is 25.3 Å². The number of aryl methyl sites for hydroxylation is 1. The van der Waals surface area contributed by atoms with Gasteiger partial charge in [-0.05, 0) is 68.5 Å². The Bertz CT molecular complexity index is 2810. The van der Waals surface area contributed by atoms with Crippen molar-refractivity contribution in [1.82, 2.24) is 15.0 Å². The molecule has 2 saturated heterocycles. The number of phenolic OH excluding ortho intramolecular Hbond substituents is 2. The van der Waals surface area contributed by atoms with Crippen LogP contribution in [0.15, 0.2) is 42.6 Å². The van der Waals surface area contributed by atoms with Crippen molar-refractivity contribution >= 4 is 40.1 Å². The molecule has 2 aliphatic carbocycles. The summed E-state index contributed by atoms with van der Waals surface area (Å²) in [5, 5.41) is 45.0. The van der Waals surface area contributed by atoms with E-state index in [4.69, 9.17) is 50.4 Å². The zero-order valence-corrected chi connectivity index (χ0v) is 38.8. The fourth-order valence-electron chi connectivity index (χ4n) is 9.68. The number of methoxy groups -OCH3 is 3. The van der Waals surface area contributed by atoms with Gasteiger partial charge in [0.05, 0.1) is 55.6 Å². The summed E-state index contributed by atoms with van der Waals surface area (Å²) in [5.41, 5.74) is 18.1. The van der Waals surface area contributed by atoms with E-state index in [2.05, 4.69) is 15.0 Å². The lowest BCUT2D eigenvalue weighted by molar-refractivity contribution is -0.281. The Morgan fingerprint density at radius 3 is 2.35 bits per heavy atom. The third kappa shape index (κ3) is 9.23. The number of phenols is 2. The molecule has 20 heteroatoms. The number of rotatable bonds is 11. The molecule has 366 valence electrons. The molecule has 7 atom stereocenters. The summed E-state index contributed by atoms with van der Waals surface area (Å²) < 4.78 is 40.2. The van der Waals surface area contributed by atoms with Crippen LogP contribution in [-0.2, 0) is 36.6 Å². The smallest absolute Gasteiger partial charge is 0.224 e. The zero-order valence-electron chi connectivity index (χ0n) is 38.8. The molecule has 2 aromatic heterocycles. The number of fused-ring (bicyclic) bond motifs is 4. The van der Waals surface area contributed by atoms with Crippen LogP contribution in [-0.4, -0.2) is 124 Å². The maximum Gasteiger partial charge on any atom is 0.224 e. The average Bonchev–Trinajstić information content (AvgIpc) is 3.33. The second-order valence-electron chi connectivity index (χ2n) is 17.5. The number of nitrogens with zero attached hydrogens (tertiary/aromatic N) is 3. The van der Waals surface area contributed by atoms with Gasteiger partial charge in [-0.25, -0.2) is 4.98 Å². The number of carbonyl (C=O) groups excluding carboxylic acids is 3. The van der Waals surface area contributed by atoms with Gasteiger partial charge in [0.1, 0.15) is 52.9 Å². The molecule has 0 saturated carbocycles. The molecule has 0 radical (unpaired) electrons. The van der Waals surface area contributed by atoms with Crippen LogP contribution in [0.3, 0.4) is 0 Å². The van der Waals surface area contributed by atoms with Crippen LogP contribution in [0, 0.1) is 6.92 Å². The Balaban J connectivity index is 0.000000225. The number of hydrogen-bond donors (Lipinski definition) is 7. The van der Waals surface area contributed by atoms with Gasteiger partial charge in [-0.2, -0.15) is 9.97 Å². The number of pyridine rings is 1. The first-order valence-electron chi connectivity index (χ1n) is 22.5. The minimum atomic E-state index is -2.24. The maximum absolute atomic E-state index is 13.8. The van der Waals surface area contributed by atoms with Gasteiger partial charge in [0, 0.05) is 66.8 Å². The molecule has 4 aliphatic rings. The minimum Gasteiger partial charge on any atom is -0.507 e. The standard InChI is InChI=1S/C32H37NO12.C17H19N5O2/c1-14-31(45-21-8-3-4-9-42-21)17(33)10-22(43-14)44-19-12-32(40,20(35)13-34)11-16-24(19)30(39)26-25(28(16)37)27(36)15-6-5-7-18(41-2)23(15)29(26)38;1-9-11(6-10-7-12(23-2)4-5-13(10)24-3)8-20-16-14(9)15(18)21-17(19)22-16/h5-7,14,17,19,21-22,31,34,37,39-40H,3-4,8-13,33H2,1-2H3;4-5,7-8H,6H2,1-3H3,(H4,18,19,20,21,22)/t14-,17-,19-,21+,22-,31+,32-;/m0./s1. The van der Waals surface area contributed by atoms with Crippen molar-refractivity contribution in [1.29, 1.82) is 0 Å². The number of aliphatic hydroxyl groups is 2. The van der Waals surface area contributed by atoms with E-state index in [9.17, 15) is 34.8 Å². The van der Waals surface area contributed by atoms with Crippen LogP contribution >= 0.6 is 0 Å². The first-order valence-corrected chi connectivity index (χ1v) is 22.5. The number of nitrogen functional groups attached to an aromatic ring is 2. The maximum atomic E-state index is 13.8. The second kappa shape index (κ2) is 19.8. The van der Waals surface area contributed by atoms with Gasteiger partial charge in [0.2, 0.25) is 11.7 Å². The van der Waals surface area contributed by atoms with Gasteiger partial charge in [-0.3, -0.25) is 14.4 Å². The summed E-state index contributed by atoms with van der Waals surface area (Å²) in [6, 6.07) is 9.55. The van der Waals surface area contributed by atoms with Crippen LogP contribution < -0.4 is 31.4 Å². The number of aromatic nitrogens is 3. The molecule has 3 aromatic carbocycles. The molecule has 0 unspecified atom stereocenters. The fourth-order valence-corrected chi connectivity index (χ4v) is 9.68. The highest BCUT2D eigenvalue weighted by Gasteiger charge is 2.50. The largest absolute Gasteiger partial charge is 0.507 e. The van der Waals surface area contributed by atoms with Crippen molar-refractivity contribution in [2.24, 2.45) is 5.73 Å². The molecular formula is C49H56N6O14. The Hall–Kier alpha value is -6.52. The van der Waals surface area contributed by atoms with Crippen molar-refractivity contribution in [3.63, 3.8) is 0 Å². The highest BCUT2D eigenvalue weighted by atomic mass is 16.7. The lowest BCUT2D eigenvalue weighted by Crippen LogP contribution is -2.55. The van der Waals surface area contributed by atoms with E-state index >= 15 is 0 Å². The number of hydrogen-bond acceptors (Lipinski definition) is 20. The predicted octanol–water partition coefficient (Wildman–Crippen LogP) is 3.66. The number of aliphatic hydroxyl groups excluding tert-OH is 1.